The molecule has 0 unspecified atom stereocenters. The molecule has 0 radical (unpaired) electrons. The van der Waals surface area contributed by atoms with Crippen LogP contribution in [0.4, 0.5) is 0 Å². The van der Waals surface area contributed by atoms with Crippen LogP contribution in [-0.4, -0.2) is 19.9 Å². The number of nitrogens with zero attached hydrogens (tertiary/aromatic N) is 4. The molecule has 0 aliphatic heterocycles. The highest BCUT2D eigenvalue weighted by atomic mass is 14.6. The summed E-state index contributed by atoms with van der Waals surface area (Å²) < 4.78 is 0. The molecule has 0 saturated heterocycles. The summed E-state index contributed by atoms with van der Waals surface area (Å²) in [6.07, 6.45) is 7.67. The van der Waals surface area contributed by atoms with Crippen LogP contribution < -0.4 is 0 Å². The van der Waals surface area contributed by atoms with E-state index < -0.39 is 0 Å². The summed E-state index contributed by atoms with van der Waals surface area (Å²) >= 11 is 0. The van der Waals surface area contributed by atoms with Crippen LogP contribution in [0.2, 0.25) is 0 Å². The minimum Gasteiger partial charge on any atom is -0.256 e. The Kier molecular flexibility index (Phi) is 14.4. The van der Waals surface area contributed by atoms with Gasteiger partial charge in [0.1, 0.15) is 0 Å². The monoisotopic (exact) mass is 964 g/mol. The zero-order valence-electron chi connectivity index (χ0n) is 41.2. The Balaban J connectivity index is 0.997. The zero-order chi connectivity index (χ0) is 51.1. The predicted molar refractivity (Wildman–Crippen MR) is 316 cm³/mol. The van der Waals surface area contributed by atoms with E-state index in [4.69, 9.17) is 19.9 Å². The smallest absolute Gasteiger partial charge is 0.0630 e. The van der Waals surface area contributed by atoms with Crippen molar-refractivity contribution >= 4 is 108 Å². The maximum absolute atomic E-state index is 4.87. The van der Waals surface area contributed by atoms with E-state index in [1.807, 2.05) is 219 Å². The molecule has 0 atom stereocenters. The maximum atomic E-state index is 4.87. The van der Waals surface area contributed by atoms with Gasteiger partial charge < -0.3 is 0 Å². The van der Waals surface area contributed by atoms with Gasteiger partial charge in [-0.05, 0) is 155 Å². The third kappa shape index (κ3) is 12.2. The van der Waals surface area contributed by atoms with Gasteiger partial charge in [0.25, 0.3) is 0 Å². The van der Waals surface area contributed by atoms with Crippen molar-refractivity contribution in [2.75, 3.05) is 0 Å². The van der Waals surface area contributed by atoms with Gasteiger partial charge in [-0.2, -0.15) is 0 Å². The summed E-state index contributed by atoms with van der Waals surface area (Å²) in [7, 11) is 0. The first-order valence-corrected chi connectivity index (χ1v) is 24.8. The van der Waals surface area contributed by atoms with Gasteiger partial charge in [0, 0.05) is 89.4 Å². The molecule has 76 heavy (non-hydrogen) atoms. The standard InChI is InChI=1S/C72H44N4/c1-5-19-69-61(15-1)49-73-65-39-31-53(32-40-65)23-27-57-11-9-12-58(47-57)29-25-55-35-43-67(44-36-55)75-51-63-17-3-7-21-71(63)72-22-8-4-18-64(72)52-76-68-45-37-56(38-46-68)26-30-60-14-10-13-59(48-60)28-24-54-33-41-66(42-34-54)74-50-62-16-2-6-20-70(62)69/h1-22,31-52H. The highest BCUT2D eigenvalue weighted by Crippen LogP contribution is 2.23. The van der Waals surface area contributed by atoms with Crippen molar-refractivity contribution in [3.63, 3.8) is 0 Å². The Bertz CT molecular complexity index is 3910. The number of hydrogen-bond acceptors (Lipinski definition) is 4. The molecule has 352 valence electrons. The van der Waals surface area contributed by atoms with Crippen LogP contribution in [0.15, 0.2) is 267 Å². The van der Waals surface area contributed by atoms with Crippen molar-refractivity contribution < 1.29 is 0 Å². The second-order valence-electron chi connectivity index (χ2n) is 17.7. The second kappa shape index (κ2) is 23.1. The first kappa shape index (κ1) is 47.4. The van der Waals surface area contributed by atoms with Crippen molar-refractivity contribution in [3.05, 3.63) is 316 Å². The van der Waals surface area contributed by atoms with E-state index in [0.29, 0.717) is 0 Å². The highest BCUT2D eigenvalue weighted by Gasteiger charge is 1.98. The van der Waals surface area contributed by atoms with Gasteiger partial charge in [-0.15, -0.1) is 0 Å². The molecule has 4 nitrogen and oxygen atoms in total. The lowest BCUT2D eigenvalue weighted by Crippen LogP contribution is -1.76. The van der Waals surface area contributed by atoms with E-state index in [9.17, 15) is 0 Å². The fraction of sp³-hybridized carbons (Fsp3) is 0. The van der Waals surface area contributed by atoms with Gasteiger partial charge in [-0.25, -0.2) is 0 Å². The molecule has 0 N–H and O–H groups in total. The average Bonchev–Trinajstić information content (AvgIpc) is 3.48. The molecule has 17 aromatic rings. The summed E-state index contributed by atoms with van der Waals surface area (Å²) in [5, 5.41) is 15.4. The third-order valence-electron chi connectivity index (χ3n) is 12.4. The summed E-state index contributed by atoms with van der Waals surface area (Å²) in [4.78, 5) is 19.5. The molecule has 0 aliphatic rings. The van der Waals surface area contributed by atoms with Crippen molar-refractivity contribution in [1.82, 2.24) is 19.9 Å². The summed E-state index contributed by atoms with van der Waals surface area (Å²) in [5.41, 5.74) is 3.33. The normalized spacial score (nSPS) is 10.2. The number of benzene rings is 10. The fourth-order valence-corrected chi connectivity index (χ4v) is 8.45. The SMILES string of the molecule is c1c2ccc(cc2)ncc2ccccc2c2ccccc2cnc2ccc(c#cc3cccc(c#cc4ccc(cc4)ncc4ccccc4c4ccccc4cnc4ccc(c#cc5cccc(c#1)c5)cc4)c3)cc2. The molecule has 4 heteroatoms. The van der Waals surface area contributed by atoms with E-state index >= 15 is 0 Å². The maximum Gasteiger partial charge on any atom is 0.0630 e. The molecule has 7 aromatic heterocycles. The Morgan fingerprint density at radius 2 is 0.395 bits per heavy atom. The molecule has 10 aromatic carbocycles. The van der Waals surface area contributed by atoms with Crippen molar-refractivity contribution in [2.24, 2.45) is 0 Å². The minimum atomic E-state index is 0.832. The lowest BCUT2D eigenvalue weighted by Gasteiger charge is -1.98. The molecular weight excluding hydrogens is 921 g/mol. The van der Waals surface area contributed by atoms with Gasteiger partial charge in [0.05, 0.1) is 22.1 Å². The van der Waals surface area contributed by atoms with E-state index in [2.05, 4.69) is 97.1 Å². The largest absolute Gasteiger partial charge is 0.256 e. The Hall–Kier alpha value is -10.9. The second-order valence-corrected chi connectivity index (χ2v) is 17.7. The molecular formula is C72H44N4. The van der Waals surface area contributed by atoms with Crippen LogP contribution in [0, 0.1) is 48.5 Å². The van der Waals surface area contributed by atoms with Gasteiger partial charge in [-0.3, -0.25) is 19.9 Å². The third-order valence-corrected chi connectivity index (χ3v) is 12.4. The number of aromatic nitrogens is 4. The highest BCUT2D eigenvalue weighted by molar-refractivity contribution is 6.05. The average molecular weight is 965 g/mol. The molecule has 12 bridgehead atoms. The number of hydrogen-bond donors (Lipinski definition) is 0. The first-order valence-electron chi connectivity index (χ1n) is 24.8. The van der Waals surface area contributed by atoms with E-state index in [1.165, 1.54) is 0 Å². The molecule has 0 aliphatic carbocycles. The molecule has 0 saturated carbocycles. The van der Waals surface area contributed by atoms with Crippen molar-refractivity contribution in [1.29, 1.82) is 0 Å². The first-order chi connectivity index (χ1) is 37.6. The van der Waals surface area contributed by atoms with Crippen LogP contribution >= 0.6 is 0 Å². The van der Waals surface area contributed by atoms with E-state index in [0.717, 1.165) is 108 Å². The van der Waals surface area contributed by atoms with Crippen LogP contribution in [-0.2, 0) is 0 Å². The lowest BCUT2D eigenvalue weighted by molar-refractivity contribution is 1.44. The number of rotatable bonds is 0. The summed E-state index contributed by atoms with van der Waals surface area (Å²) in [6.45, 7) is 0. The Morgan fingerprint density at radius 1 is 0.184 bits per heavy atom. The van der Waals surface area contributed by atoms with Crippen LogP contribution in [0.1, 0.15) is 0 Å². The van der Waals surface area contributed by atoms with Crippen molar-refractivity contribution in [3.8, 4) is 0 Å². The van der Waals surface area contributed by atoms with Gasteiger partial charge in [0.2, 0.25) is 0 Å². The van der Waals surface area contributed by atoms with Gasteiger partial charge in [-0.1, -0.05) is 158 Å². The quantitative estimate of drug-likeness (QED) is 0.152. The van der Waals surface area contributed by atoms with Gasteiger partial charge >= 0.3 is 0 Å². The summed E-state index contributed by atoms with van der Waals surface area (Å²) in [5.74, 6) is 0. The molecule has 17 rings (SSSR count). The molecule has 7 heterocycles. The predicted octanol–water partition coefficient (Wildman–Crippen LogP) is 17.6. The summed E-state index contributed by atoms with van der Waals surface area (Å²) in [6, 6.07) is 108. The molecule has 0 spiro atoms. The van der Waals surface area contributed by atoms with Crippen LogP contribution in [0.5, 0.6) is 0 Å². The minimum absolute atomic E-state index is 0.832. The van der Waals surface area contributed by atoms with E-state index in [-0.39, 0.29) is 0 Å². The Labute approximate surface area is 441 Å². The van der Waals surface area contributed by atoms with Crippen LogP contribution in [0.25, 0.3) is 108 Å². The lowest BCUT2D eigenvalue weighted by atomic mass is 10.1. The van der Waals surface area contributed by atoms with Crippen LogP contribution in [0.3, 0.4) is 0 Å². The topological polar surface area (TPSA) is 51.6 Å². The molecule has 0 fully saturated rings. The zero-order valence-corrected chi connectivity index (χ0v) is 41.2. The van der Waals surface area contributed by atoms with Crippen molar-refractivity contribution in [2.45, 2.75) is 0 Å². The van der Waals surface area contributed by atoms with Gasteiger partial charge in [0.15, 0.2) is 0 Å². The Morgan fingerprint density at radius 3 is 0.632 bits per heavy atom. The fourth-order valence-electron chi connectivity index (χ4n) is 8.45. The molecule has 0 amide bonds. The van der Waals surface area contributed by atoms with E-state index in [1.54, 1.807) is 0 Å².